The lowest BCUT2D eigenvalue weighted by atomic mass is 10.3. The van der Waals surface area contributed by atoms with Gasteiger partial charge in [-0.25, -0.2) is 0 Å². The van der Waals surface area contributed by atoms with Gasteiger partial charge in [0.15, 0.2) is 4.90 Å². The van der Waals surface area contributed by atoms with Crippen LogP contribution in [-0.2, 0) is 11.4 Å². The molecule has 0 heterocycles. The Balaban J connectivity index is 2.18. The van der Waals surface area contributed by atoms with Crippen molar-refractivity contribution in [1.82, 2.24) is 0 Å². The van der Waals surface area contributed by atoms with Crippen LogP contribution in [0.5, 0.6) is 11.5 Å². The van der Waals surface area contributed by atoms with Gasteiger partial charge in [-0.1, -0.05) is 17.7 Å². The Morgan fingerprint density at radius 3 is 2.41 bits per heavy atom. The minimum atomic E-state index is -1.50. The third-order valence-corrected chi connectivity index (χ3v) is 3.06. The van der Waals surface area contributed by atoms with E-state index in [1.165, 1.54) is 0 Å². The normalized spacial score (nSPS) is 12.2. The van der Waals surface area contributed by atoms with Crippen LogP contribution in [0.2, 0.25) is 5.02 Å². The number of hydrogen-bond donors (Lipinski definition) is 1. The zero-order chi connectivity index (χ0) is 12.3. The van der Waals surface area contributed by atoms with Crippen molar-refractivity contribution < 1.29 is 9.29 Å². The summed E-state index contributed by atoms with van der Waals surface area (Å²) in [6.07, 6.45) is 0. The summed E-state index contributed by atoms with van der Waals surface area (Å²) >= 11 is 4.27. The largest absolute Gasteiger partial charge is 0.593 e. The summed E-state index contributed by atoms with van der Waals surface area (Å²) in [6, 6.07) is 13.8. The molecule has 0 radical (unpaired) electrons. The van der Waals surface area contributed by atoms with Crippen molar-refractivity contribution in [1.29, 1.82) is 0 Å². The Labute approximate surface area is 107 Å². The zero-order valence-corrected chi connectivity index (χ0v) is 10.4. The molecule has 88 valence electrons. The number of benzene rings is 2. The molecule has 0 saturated carbocycles. The summed E-state index contributed by atoms with van der Waals surface area (Å²) in [6.45, 7) is 0. The van der Waals surface area contributed by atoms with Crippen molar-refractivity contribution >= 4 is 23.0 Å². The summed E-state index contributed by atoms with van der Waals surface area (Å²) in [5.41, 5.74) is 0. The highest BCUT2D eigenvalue weighted by molar-refractivity contribution is 7.89. The van der Waals surface area contributed by atoms with Gasteiger partial charge in [-0.2, -0.15) is 0 Å². The smallest absolute Gasteiger partial charge is 0.177 e. The third-order valence-electron chi connectivity index (χ3n) is 2.09. The van der Waals surface area contributed by atoms with Crippen LogP contribution in [0.4, 0.5) is 0 Å². The van der Waals surface area contributed by atoms with Crippen molar-refractivity contribution in [2.45, 2.75) is 4.90 Å². The standard InChI is InChI=1S/C12H10ClNO2S/c13-9-4-6-10(7-5-9)16-11-2-1-3-12(8-11)17(14)15/h1-8H,14H2. The number of hydrogen-bond acceptors (Lipinski definition) is 3. The molecule has 2 aromatic rings. The molecule has 0 fully saturated rings. The van der Waals surface area contributed by atoms with Crippen molar-refractivity contribution in [3.63, 3.8) is 0 Å². The number of rotatable bonds is 3. The van der Waals surface area contributed by atoms with E-state index in [-0.39, 0.29) is 0 Å². The van der Waals surface area contributed by atoms with Crippen LogP contribution < -0.4 is 9.88 Å². The van der Waals surface area contributed by atoms with Crippen LogP contribution >= 0.6 is 11.6 Å². The quantitative estimate of drug-likeness (QED) is 0.870. The zero-order valence-electron chi connectivity index (χ0n) is 8.80. The molecule has 0 bridgehead atoms. The minimum absolute atomic E-state index is 0.525. The van der Waals surface area contributed by atoms with E-state index in [1.54, 1.807) is 48.5 Å². The fraction of sp³-hybridized carbons (Fsp3) is 0. The van der Waals surface area contributed by atoms with Crippen molar-refractivity contribution in [3.05, 3.63) is 53.6 Å². The maximum atomic E-state index is 11.1. The topological polar surface area (TPSA) is 58.3 Å². The van der Waals surface area contributed by atoms with Gasteiger partial charge in [0, 0.05) is 11.1 Å². The predicted octanol–water partition coefficient (Wildman–Crippen LogP) is 3.11. The SMILES string of the molecule is N[S+]([O-])c1cccc(Oc2ccc(Cl)cc2)c1. The van der Waals surface area contributed by atoms with Gasteiger partial charge in [-0.3, -0.25) is 0 Å². The molecular weight excluding hydrogens is 258 g/mol. The lowest BCUT2D eigenvalue weighted by Gasteiger charge is -2.07. The molecule has 0 spiro atoms. The summed E-state index contributed by atoms with van der Waals surface area (Å²) in [7, 11) is 0. The summed E-state index contributed by atoms with van der Waals surface area (Å²) in [5, 5.41) is 5.94. The Hall–Kier alpha value is -1.20. The Morgan fingerprint density at radius 2 is 1.76 bits per heavy atom. The minimum Gasteiger partial charge on any atom is -0.593 e. The highest BCUT2D eigenvalue weighted by Crippen LogP contribution is 2.24. The Kier molecular flexibility index (Phi) is 3.91. The molecule has 0 saturated heterocycles. The summed E-state index contributed by atoms with van der Waals surface area (Å²) < 4.78 is 16.7. The highest BCUT2D eigenvalue weighted by Gasteiger charge is 2.07. The van der Waals surface area contributed by atoms with E-state index in [0.29, 0.717) is 21.4 Å². The van der Waals surface area contributed by atoms with Crippen LogP contribution in [0, 0.1) is 0 Å². The average Bonchev–Trinajstić information content (AvgIpc) is 2.32. The van der Waals surface area contributed by atoms with Gasteiger partial charge in [0.2, 0.25) is 0 Å². The number of nitrogens with two attached hydrogens (primary N) is 1. The molecule has 2 aromatic carbocycles. The third kappa shape index (κ3) is 3.38. The molecule has 0 amide bonds. The van der Waals surface area contributed by atoms with Crippen molar-refractivity contribution in [3.8, 4) is 11.5 Å². The molecular formula is C12H10ClNO2S. The molecule has 0 aliphatic rings. The number of ether oxygens (including phenoxy) is 1. The fourth-order valence-corrected chi connectivity index (χ4v) is 1.87. The maximum Gasteiger partial charge on any atom is 0.177 e. The van der Waals surface area contributed by atoms with E-state index in [4.69, 9.17) is 21.5 Å². The van der Waals surface area contributed by atoms with E-state index < -0.39 is 11.4 Å². The second kappa shape index (κ2) is 5.42. The monoisotopic (exact) mass is 267 g/mol. The van der Waals surface area contributed by atoms with Gasteiger partial charge in [0.05, 0.1) is 11.4 Å². The fourth-order valence-electron chi connectivity index (χ4n) is 1.30. The first-order valence-corrected chi connectivity index (χ1v) is 6.44. The Bertz CT molecular complexity index is 502. The molecule has 5 heteroatoms. The Morgan fingerprint density at radius 1 is 1.06 bits per heavy atom. The first-order valence-electron chi connectivity index (χ1n) is 4.85. The van der Waals surface area contributed by atoms with Gasteiger partial charge in [0.25, 0.3) is 0 Å². The summed E-state index contributed by atoms with van der Waals surface area (Å²) in [5.74, 6) is 1.25. The van der Waals surface area contributed by atoms with E-state index in [0.717, 1.165) is 0 Å². The van der Waals surface area contributed by atoms with Crippen molar-refractivity contribution in [2.24, 2.45) is 5.14 Å². The van der Waals surface area contributed by atoms with Gasteiger partial charge in [-0.05, 0) is 36.4 Å². The van der Waals surface area contributed by atoms with E-state index >= 15 is 0 Å². The van der Waals surface area contributed by atoms with Gasteiger partial charge in [-0.15, -0.1) is 5.14 Å². The van der Waals surface area contributed by atoms with Gasteiger partial charge < -0.3 is 9.29 Å². The highest BCUT2D eigenvalue weighted by atomic mass is 35.5. The molecule has 17 heavy (non-hydrogen) atoms. The molecule has 1 atom stereocenters. The van der Waals surface area contributed by atoms with Gasteiger partial charge in [0.1, 0.15) is 11.5 Å². The molecule has 2 rings (SSSR count). The van der Waals surface area contributed by atoms with E-state index in [2.05, 4.69) is 0 Å². The molecule has 0 aliphatic heterocycles. The molecule has 3 nitrogen and oxygen atoms in total. The van der Waals surface area contributed by atoms with Crippen LogP contribution in [-0.4, -0.2) is 4.55 Å². The first-order chi connectivity index (χ1) is 8.15. The molecule has 0 aliphatic carbocycles. The lowest BCUT2D eigenvalue weighted by molar-refractivity contribution is 0.481. The van der Waals surface area contributed by atoms with Crippen LogP contribution in [0.25, 0.3) is 0 Å². The molecule has 1 unspecified atom stereocenters. The van der Waals surface area contributed by atoms with E-state index in [1.807, 2.05) is 0 Å². The summed E-state index contributed by atoms with van der Waals surface area (Å²) in [4.78, 5) is 0.525. The van der Waals surface area contributed by atoms with Gasteiger partial charge >= 0.3 is 0 Å². The molecule has 2 N–H and O–H groups in total. The van der Waals surface area contributed by atoms with Crippen LogP contribution in [0.1, 0.15) is 0 Å². The second-order valence-electron chi connectivity index (χ2n) is 3.33. The van der Waals surface area contributed by atoms with Crippen LogP contribution in [0.15, 0.2) is 53.4 Å². The first kappa shape index (κ1) is 12.3. The lowest BCUT2D eigenvalue weighted by Crippen LogP contribution is -2.11. The number of halogens is 1. The maximum absolute atomic E-state index is 11.1. The van der Waals surface area contributed by atoms with E-state index in [9.17, 15) is 4.55 Å². The average molecular weight is 268 g/mol. The van der Waals surface area contributed by atoms with Crippen LogP contribution in [0.3, 0.4) is 0 Å². The second-order valence-corrected chi connectivity index (χ2v) is 4.83. The predicted molar refractivity (Wildman–Crippen MR) is 68.6 cm³/mol. The molecule has 0 aromatic heterocycles. The van der Waals surface area contributed by atoms with Crippen molar-refractivity contribution in [2.75, 3.05) is 0 Å².